The highest BCUT2D eigenvalue weighted by molar-refractivity contribution is 7.87. The summed E-state index contributed by atoms with van der Waals surface area (Å²) in [5.41, 5.74) is 0. The first-order chi connectivity index (χ1) is 9.54. The van der Waals surface area contributed by atoms with Gasteiger partial charge < -0.3 is 13.7 Å². The van der Waals surface area contributed by atoms with Gasteiger partial charge in [0.25, 0.3) is 0 Å². The molecule has 104 valence electrons. The van der Waals surface area contributed by atoms with Crippen molar-refractivity contribution in [1.29, 1.82) is 0 Å². The van der Waals surface area contributed by atoms with Crippen molar-refractivity contribution in [2.75, 3.05) is 6.79 Å². The third-order valence-electron chi connectivity index (χ3n) is 2.65. The largest absolute Gasteiger partial charge is 0.454 e. The average molecular weight is 313 g/mol. The van der Waals surface area contributed by atoms with Gasteiger partial charge in [-0.3, -0.25) is 0 Å². The standard InChI is InChI=1S/C13H9ClO5S/c14-9-1-4-11(5-2-9)20(15,16)19-10-3-6-12-13(7-10)18-8-17-12/h1-7H,8H2. The van der Waals surface area contributed by atoms with E-state index < -0.39 is 10.1 Å². The topological polar surface area (TPSA) is 61.8 Å². The van der Waals surface area contributed by atoms with Crippen LogP contribution in [0.2, 0.25) is 5.02 Å². The van der Waals surface area contributed by atoms with E-state index in [-0.39, 0.29) is 17.4 Å². The molecular weight excluding hydrogens is 304 g/mol. The highest BCUT2D eigenvalue weighted by atomic mass is 35.5. The molecule has 5 nitrogen and oxygen atoms in total. The van der Waals surface area contributed by atoms with Crippen molar-refractivity contribution in [3.05, 3.63) is 47.5 Å². The summed E-state index contributed by atoms with van der Waals surface area (Å²) in [5, 5.41) is 0.451. The predicted octanol–water partition coefficient (Wildman–Crippen LogP) is 2.84. The third-order valence-corrected chi connectivity index (χ3v) is 4.17. The Labute approximate surface area is 120 Å². The Morgan fingerprint density at radius 2 is 1.70 bits per heavy atom. The molecule has 0 unspecified atom stereocenters. The van der Waals surface area contributed by atoms with Gasteiger partial charge in [-0.1, -0.05) is 11.6 Å². The number of hydrogen-bond acceptors (Lipinski definition) is 5. The minimum Gasteiger partial charge on any atom is -0.454 e. The number of rotatable bonds is 3. The molecule has 0 bridgehead atoms. The normalized spacial score (nSPS) is 13.2. The van der Waals surface area contributed by atoms with Gasteiger partial charge in [0.2, 0.25) is 6.79 Å². The maximum absolute atomic E-state index is 12.1. The van der Waals surface area contributed by atoms with Gasteiger partial charge in [0, 0.05) is 11.1 Å². The molecule has 0 atom stereocenters. The van der Waals surface area contributed by atoms with Crippen LogP contribution in [0.25, 0.3) is 0 Å². The number of fused-ring (bicyclic) bond motifs is 1. The van der Waals surface area contributed by atoms with Crippen LogP contribution in [0.1, 0.15) is 0 Å². The zero-order valence-electron chi connectivity index (χ0n) is 10.1. The smallest absolute Gasteiger partial charge is 0.339 e. The Hall–Kier alpha value is -1.92. The van der Waals surface area contributed by atoms with Crippen LogP contribution in [0.5, 0.6) is 17.2 Å². The van der Waals surface area contributed by atoms with E-state index >= 15 is 0 Å². The molecule has 1 aliphatic heterocycles. The minimum absolute atomic E-state index is 0.0274. The quantitative estimate of drug-likeness (QED) is 0.816. The van der Waals surface area contributed by atoms with E-state index in [0.29, 0.717) is 16.5 Å². The Kier molecular flexibility index (Phi) is 3.19. The first kappa shape index (κ1) is 13.1. The maximum Gasteiger partial charge on any atom is 0.339 e. The third kappa shape index (κ3) is 2.52. The van der Waals surface area contributed by atoms with Gasteiger partial charge in [-0.15, -0.1) is 0 Å². The summed E-state index contributed by atoms with van der Waals surface area (Å²) in [6, 6.07) is 10.3. The fraction of sp³-hybridized carbons (Fsp3) is 0.0769. The predicted molar refractivity (Wildman–Crippen MR) is 71.8 cm³/mol. The van der Waals surface area contributed by atoms with E-state index in [1.165, 1.54) is 36.4 Å². The molecule has 0 saturated heterocycles. The number of benzene rings is 2. The lowest BCUT2D eigenvalue weighted by Gasteiger charge is -2.07. The van der Waals surface area contributed by atoms with E-state index in [1.807, 2.05) is 0 Å². The van der Waals surface area contributed by atoms with E-state index in [0.717, 1.165) is 0 Å². The van der Waals surface area contributed by atoms with Gasteiger partial charge in [-0.25, -0.2) is 0 Å². The summed E-state index contributed by atoms with van der Waals surface area (Å²) in [6.07, 6.45) is 0. The van der Waals surface area contributed by atoms with E-state index in [4.69, 9.17) is 25.3 Å². The van der Waals surface area contributed by atoms with Crippen LogP contribution in [0, 0.1) is 0 Å². The highest BCUT2D eigenvalue weighted by Crippen LogP contribution is 2.35. The van der Waals surface area contributed by atoms with Gasteiger partial charge in [-0.2, -0.15) is 8.42 Å². The Morgan fingerprint density at radius 1 is 1.00 bits per heavy atom. The molecule has 1 heterocycles. The van der Waals surface area contributed by atoms with Crippen molar-refractivity contribution in [3.8, 4) is 17.2 Å². The van der Waals surface area contributed by atoms with Crippen molar-refractivity contribution in [2.45, 2.75) is 4.90 Å². The molecule has 0 fully saturated rings. The lowest BCUT2D eigenvalue weighted by molar-refractivity contribution is 0.174. The van der Waals surface area contributed by atoms with Crippen molar-refractivity contribution >= 4 is 21.7 Å². The van der Waals surface area contributed by atoms with Gasteiger partial charge in [0.15, 0.2) is 11.5 Å². The first-order valence-corrected chi connectivity index (χ1v) is 7.43. The van der Waals surface area contributed by atoms with Crippen molar-refractivity contribution in [1.82, 2.24) is 0 Å². The lowest BCUT2D eigenvalue weighted by atomic mass is 10.3. The van der Waals surface area contributed by atoms with E-state index in [9.17, 15) is 8.42 Å². The molecule has 2 aromatic carbocycles. The van der Waals surface area contributed by atoms with Crippen molar-refractivity contribution in [2.24, 2.45) is 0 Å². The molecule has 7 heteroatoms. The van der Waals surface area contributed by atoms with E-state index in [1.54, 1.807) is 6.07 Å². The van der Waals surface area contributed by atoms with Crippen LogP contribution in [0.3, 0.4) is 0 Å². The number of ether oxygens (including phenoxy) is 2. The molecule has 20 heavy (non-hydrogen) atoms. The van der Waals surface area contributed by atoms with Gasteiger partial charge in [-0.05, 0) is 36.4 Å². The fourth-order valence-corrected chi connectivity index (χ4v) is 2.75. The molecule has 3 rings (SSSR count). The number of hydrogen-bond donors (Lipinski definition) is 0. The van der Waals surface area contributed by atoms with Crippen LogP contribution in [-0.2, 0) is 10.1 Å². The Morgan fingerprint density at radius 3 is 2.45 bits per heavy atom. The summed E-state index contributed by atoms with van der Waals surface area (Å²) in [6.45, 7) is 0.114. The summed E-state index contributed by atoms with van der Waals surface area (Å²) >= 11 is 5.72. The molecule has 0 aromatic heterocycles. The summed E-state index contributed by atoms with van der Waals surface area (Å²) < 4.78 is 39.5. The molecule has 0 aliphatic carbocycles. The van der Waals surface area contributed by atoms with Gasteiger partial charge in [0.1, 0.15) is 10.6 Å². The Bertz CT molecular complexity index is 740. The first-order valence-electron chi connectivity index (χ1n) is 5.64. The zero-order valence-corrected chi connectivity index (χ0v) is 11.6. The molecule has 0 amide bonds. The van der Waals surface area contributed by atoms with Crippen LogP contribution in [0.15, 0.2) is 47.4 Å². The number of halogens is 1. The SMILES string of the molecule is O=S(=O)(Oc1ccc2c(c1)OCO2)c1ccc(Cl)cc1. The molecule has 0 radical (unpaired) electrons. The van der Waals surface area contributed by atoms with Crippen molar-refractivity contribution in [3.63, 3.8) is 0 Å². The molecule has 1 aliphatic rings. The summed E-state index contributed by atoms with van der Waals surface area (Å²) in [4.78, 5) is 0.0274. The second-order valence-electron chi connectivity index (χ2n) is 4.01. The maximum atomic E-state index is 12.1. The molecule has 0 N–H and O–H groups in total. The molecular formula is C13H9ClO5S. The molecule has 2 aromatic rings. The summed E-state index contributed by atoms with van der Waals surface area (Å²) in [7, 11) is -3.90. The lowest BCUT2D eigenvalue weighted by Crippen LogP contribution is -2.09. The average Bonchev–Trinajstić information content (AvgIpc) is 2.86. The second-order valence-corrected chi connectivity index (χ2v) is 5.99. The zero-order chi connectivity index (χ0) is 14.2. The van der Waals surface area contributed by atoms with Crippen LogP contribution in [0.4, 0.5) is 0 Å². The molecule has 0 saturated carbocycles. The second kappa shape index (κ2) is 4.88. The highest BCUT2D eigenvalue weighted by Gasteiger charge is 2.19. The van der Waals surface area contributed by atoms with Crippen LogP contribution in [-0.4, -0.2) is 15.2 Å². The van der Waals surface area contributed by atoms with Crippen LogP contribution < -0.4 is 13.7 Å². The minimum atomic E-state index is -3.90. The summed E-state index contributed by atoms with van der Waals surface area (Å²) in [5.74, 6) is 1.17. The van der Waals surface area contributed by atoms with Crippen molar-refractivity contribution < 1.29 is 22.1 Å². The molecule has 0 spiro atoms. The van der Waals surface area contributed by atoms with E-state index in [2.05, 4.69) is 0 Å². The van der Waals surface area contributed by atoms with Crippen LogP contribution >= 0.6 is 11.6 Å². The van der Waals surface area contributed by atoms with Gasteiger partial charge in [0.05, 0.1) is 0 Å². The van der Waals surface area contributed by atoms with Gasteiger partial charge >= 0.3 is 10.1 Å². The Balaban J connectivity index is 1.88. The monoisotopic (exact) mass is 312 g/mol. The fourth-order valence-electron chi connectivity index (χ4n) is 1.70.